The minimum Gasteiger partial charge on any atom is -0.511 e. The topological polar surface area (TPSA) is 203 Å². The van der Waals surface area contributed by atoms with Crippen molar-refractivity contribution in [1.82, 2.24) is 10.2 Å². The molecule has 3 aliphatic carbocycles. The average Bonchev–Trinajstić information content (AvgIpc) is 2.84. The summed E-state index contributed by atoms with van der Waals surface area (Å²) in [6.07, 6.45) is -0.654. The van der Waals surface area contributed by atoms with E-state index >= 15 is 0 Å². The number of Topliss-reactive ketones (excluding diaryl/α,β-unsaturated/α-hetero) is 2. The van der Waals surface area contributed by atoms with Crippen molar-refractivity contribution in [3.8, 4) is 5.75 Å². The van der Waals surface area contributed by atoms with E-state index in [0.717, 1.165) is 6.42 Å². The van der Waals surface area contributed by atoms with E-state index in [0.29, 0.717) is 18.0 Å². The molecule has 216 valence electrons. The van der Waals surface area contributed by atoms with Crippen molar-refractivity contribution >= 4 is 29.2 Å². The third-order valence-electron chi connectivity index (χ3n) is 8.25. The Labute approximate surface area is 231 Å². The smallest absolute Gasteiger partial charge is 0.319 e. The number of carbonyl (C=O) groups excluding carboxylic acids is 4. The molecule has 0 radical (unpaired) electrons. The number of hydrogen-bond donors (Lipinski definition) is 7. The minimum absolute atomic E-state index is 0.0283. The Balaban J connectivity index is 1.80. The molecule has 8 N–H and O–H groups in total. The lowest BCUT2D eigenvalue weighted by atomic mass is 9.57. The molecular weight excluding hydrogens is 520 g/mol. The highest BCUT2D eigenvalue weighted by atomic mass is 16.3. The van der Waals surface area contributed by atoms with Crippen molar-refractivity contribution < 1.29 is 39.6 Å². The van der Waals surface area contributed by atoms with Gasteiger partial charge in [0.1, 0.15) is 17.1 Å². The highest BCUT2D eigenvalue weighted by Gasteiger charge is 2.59. The second-order valence-electron chi connectivity index (χ2n) is 11.4. The summed E-state index contributed by atoms with van der Waals surface area (Å²) in [5.41, 5.74) is 4.60. The molecule has 1 aromatic carbocycles. The lowest BCUT2D eigenvalue weighted by Gasteiger charge is -2.50. The van der Waals surface area contributed by atoms with E-state index in [1.807, 2.05) is 13.8 Å². The summed E-state index contributed by atoms with van der Waals surface area (Å²) in [5.74, 6) is -8.64. The van der Waals surface area contributed by atoms with E-state index in [1.54, 1.807) is 27.1 Å². The van der Waals surface area contributed by atoms with Gasteiger partial charge in [-0.05, 0) is 44.0 Å². The monoisotopic (exact) mass is 556 g/mol. The van der Waals surface area contributed by atoms with Crippen molar-refractivity contribution in [2.24, 2.45) is 29.4 Å². The van der Waals surface area contributed by atoms with Gasteiger partial charge in [0.05, 0.1) is 29.3 Å². The van der Waals surface area contributed by atoms with Gasteiger partial charge in [-0.25, -0.2) is 4.79 Å². The van der Waals surface area contributed by atoms with Crippen LogP contribution in [0.15, 0.2) is 34.8 Å². The summed E-state index contributed by atoms with van der Waals surface area (Å²) in [6, 6.07) is 1.39. The predicted octanol–water partition coefficient (Wildman–Crippen LogP) is 1.71. The van der Waals surface area contributed by atoms with Gasteiger partial charge in [0.15, 0.2) is 17.3 Å². The van der Waals surface area contributed by atoms with Crippen LogP contribution < -0.4 is 16.4 Å². The van der Waals surface area contributed by atoms with Gasteiger partial charge in [-0.15, -0.1) is 0 Å². The number of nitrogens with zero attached hydrogens (tertiary/aromatic N) is 1. The highest BCUT2D eigenvalue weighted by molar-refractivity contribution is 6.22. The van der Waals surface area contributed by atoms with E-state index in [1.165, 1.54) is 11.0 Å². The number of ketones is 2. The van der Waals surface area contributed by atoms with Gasteiger partial charge in [0.2, 0.25) is 0 Å². The minimum atomic E-state index is -1.53. The molecule has 0 saturated carbocycles. The first-order valence-electron chi connectivity index (χ1n) is 13.2. The Morgan fingerprint density at radius 3 is 2.33 bits per heavy atom. The molecule has 40 heavy (non-hydrogen) atoms. The number of primary amides is 1. The number of benzene rings is 1. The lowest BCUT2D eigenvalue weighted by Crippen LogP contribution is -2.59. The van der Waals surface area contributed by atoms with Crippen LogP contribution in [0.2, 0.25) is 0 Å². The molecule has 0 bridgehead atoms. The van der Waals surface area contributed by atoms with Crippen LogP contribution in [0.5, 0.6) is 5.75 Å². The third kappa shape index (κ3) is 4.50. The van der Waals surface area contributed by atoms with E-state index < -0.39 is 82.2 Å². The number of anilines is 1. The molecule has 12 nitrogen and oxygen atoms in total. The van der Waals surface area contributed by atoms with Crippen molar-refractivity contribution in [1.29, 1.82) is 0 Å². The second-order valence-corrected chi connectivity index (χ2v) is 11.4. The number of phenolic OH excluding ortho intramolecular Hbond substituents is 1. The fourth-order valence-electron chi connectivity index (χ4n) is 6.35. The normalized spacial score (nSPS) is 27.9. The molecule has 3 amide bonds. The fourth-order valence-corrected chi connectivity index (χ4v) is 6.35. The summed E-state index contributed by atoms with van der Waals surface area (Å²) in [7, 11) is 3.15. The van der Waals surface area contributed by atoms with Gasteiger partial charge in [-0.1, -0.05) is 26.8 Å². The molecule has 0 aromatic heterocycles. The van der Waals surface area contributed by atoms with Gasteiger partial charge < -0.3 is 36.8 Å². The molecule has 6 atom stereocenters. The summed E-state index contributed by atoms with van der Waals surface area (Å²) >= 11 is 0. The molecule has 0 heterocycles. The van der Waals surface area contributed by atoms with Crippen LogP contribution in [-0.4, -0.2) is 81.6 Å². The van der Waals surface area contributed by atoms with Crippen LogP contribution in [0, 0.1) is 23.7 Å². The number of nitrogens with one attached hydrogen (secondary N) is 2. The number of phenols is 1. The SMILES string of the molecule is CC(C)CCNC(=O)Nc1ccc2c(c1O)C(=O)C1=C(O)C3C(=O)C(C(N)=O)=C(O)[C@@H](N(C)C)C3[C@@H](O)C1[C@H]2C. The zero-order valence-electron chi connectivity index (χ0n) is 23.1. The van der Waals surface area contributed by atoms with Gasteiger partial charge >= 0.3 is 6.03 Å². The summed E-state index contributed by atoms with van der Waals surface area (Å²) in [5, 5.41) is 50.2. The number of fused-ring (bicyclic) bond motifs is 3. The van der Waals surface area contributed by atoms with Crippen molar-refractivity contribution in [2.45, 2.75) is 45.3 Å². The maximum Gasteiger partial charge on any atom is 0.319 e. The fraction of sp³-hybridized carbons (Fsp3) is 0.500. The quantitative estimate of drug-likeness (QED) is 0.201. The first kappa shape index (κ1) is 29.1. The Bertz CT molecular complexity index is 1350. The van der Waals surface area contributed by atoms with Gasteiger partial charge in [-0.3, -0.25) is 19.3 Å². The number of urea groups is 1. The van der Waals surface area contributed by atoms with Crippen molar-refractivity contribution in [3.63, 3.8) is 0 Å². The molecule has 0 spiro atoms. The first-order valence-corrected chi connectivity index (χ1v) is 13.2. The van der Waals surface area contributed by atoms with Crippen LogP contribution in [-0.2, 0) is 9.59 Å². The summed E-state index contributed by atoms with van der Waals surface area (Å²) < 4.78 is 0. The summed E-state index contributed by atoms with van der Waals surface area (Å²) in [6.45, 7) is 6.14. The number of aliphatic hydroxyl groups excluding tert-OH is 3. The van der Waals surface area contributed by atoms with E-state index in [4.69, 9.17) is 5.73 Å². The number of hydrogen-bond acceptors (Lipinski definition) is 9. The maximum atomic E-state index is 13.8. The van der Waals surface area contributed by atoms with Gasteiger partial charge in [0, 0.05) is 24.0 Å². The van der Waals surface area contributed by atoms with Crippen LogP contribution >= 0.6 is 0 Å². The second kappa shape index (κ2) is 10.6. The molecule has 4 rings (SSSR count). The molecule has 3 unspecified atom stereocenters. The molecule has 12 heteroatoms. The Morgan fingerprint density at radius 2 is 1.75 bits per heavy atom. The van der Waals surface area contributed by atoms with Gasteiger partial charge in [0.25, 0.3) is 5.91 Å². The maximum absolute atomic E-state index is 13.8. The number of carbonyl (C=O) groups is 4. The van der Waals surface area contributed by atoms with E-state index in [-0.39, 0.29) is 16.8 Å². The predicted molar refractivity (Wildman–Crippen MR) is 145 cm³/mol. The molecule has 1 aromatic rings. The molecule has 3 aliphatic rings. The number of allylic oxidation sites excluding steroid dienone is 1. The number of rotatable bonds is 6. The lowest BCUT2D eigenvalue weighted by molar-refractivity contribution is -0.131. The molecule has 0 fully saturated rings. The van der Waals surface area contributed by atoms with Crippen LogP contribution in [0.4, 0.5) is 10.5 Å². The first-order chi connectivity index (χ1) is 18.7. The molecule has 0 saturated heterocycles. The van der Waals surface area contributed by atoms with Crippen LogP contribution in [0.25, 0.3) is 0 Å². The zero-order chi connectivity index (χ0) is 29.8. The Morgan fingerprint density at radius 1 is 1.10 bits per heavy atom. The van der Waals surface area contributed by atoms with Crippen molar-refractivity contribution in [2.75, 3.05) is 26.0 Å². The highest BCUT2D eigenvalue weighted by Crippen LogP contribution is 2.54. The van der Waals surface area contributed by atoms with Gasteiger partial charge in [-0.2, -0.15) is 0 Å². The Kier molecular flexibility index (Phi) is 7.70. The third-order valence-corrected chi connectivity index (χ3v) is 8.25. The number of nitrogens with two attached hydrogens (primary N) is 1. The molecular formula is C28H36N4O8. The Hall–Kier alpha value is -3.90. The van der Waals surface area contributed by atoms with Crippen molar-refractivity contribution in [3.05, 3.63) is 45.9 Å². The zero-order valence-corrected chi connectivity index (χ0v) is 23.1. The molecule has 0 aliphatic heterocycles. The van der Waals surface area contributed by atoms with Crippen LogP contribution in [0.1, 0.15) is 49.0 Å². The average molecular weight is 557 g/mol. The number of aromatic hydroxyl groups is 1. The van der Waals surface area contributed by atoms with E-state index in [9.17, 15) is 39.6 Å². The van der Waals surface area contributed by atoms with E-state index in [2.05, 4.69) is 10.6 Å². The summed E-state index contributed by atoms with van der Waals surface area (Å²) in [4.78, 5) is 53.2. The number of likely N-dealkylation sites (N-methyl/N-ethyl adjacent to an activating group) is 1. The number of amides is 3. The number of aliphatic hydroxyl groups is 3. The largest absolute Gasteiger partial charge is 0.511 e. The van der Waals surface area contributed by atoms with Crippen LogP contribution in [0.3, 0.4) is 0 Å². The standard InChI is InChI=1S/C28H36N4O8/c1-10(2)8-9-30-28(40)31-13-7-6-12-11(3)14-17(23(35)15(12)21(13)33)24(36)18-16(22(14)34)20(32(4)5)26(38)19(25(18)37)27(29)39/h6-7,10-11,14,16,18,20,22,33-34,36,38H,8-9H2,1-5H3,(H2,29,39)(H2,30,31,40)/t11-,14?,16?,18?,20-,22-/m0/s1.